The standard InChI is InChI=1S/C27H37N5O6S/c1-16-22(39-15-30-16)18-9-7-17(8-10-18)13-29-24(35)20-12-19(33)14-32(20)25(36)23(27(2,3)4)31-21(34)6-5-11-28-26(37)38/h7-10,15,19-20,23,28,33H,5-6,11-14H2,1-4H3,(H,29,35)(H,31,34)(H,37,38)/t19-,20+,23-/m1/s1. The Hall–Kier alpha value is -3.51. The van der Waals surface area contributed by atoms with Crippen LogP contribution in [0, 0.1) is 12.3 Å². The minimum atomic E-state index is -1.17. The van der Waals surface area contributed by atoms with E-state index in [9.17, 15) is 24.3 Å². The molecule has 3 atom stereocenters. The summed E-state index contributed by atoms with van der Waals surface area (Å²) in [6.45, 7) is 7.75. The number of rotatable bonds is 10. The first-order valence-electron chi connectivity index (χ1n) is 12.9. The van der Waals surface area contributed by atoms with E-state index < -0.39 is 41.5 Å². The maximum atomic E-state index is 13.6. The summed E-state index contributed by atoms with van der Waals surface area (Å²) in [5.74, 6) is -1.21. The topological polar surface area (TPSA) is 161 Å². The Morgan fingerprint density at radius 2 is 1.85 bits per heavy atom. The molecule has 0 saturated carbocycles. The smallest absolute Gasteiger partial charge is 0.404 e. The summed E-state index contributed by atoms with van der Waals surface area (Å²) in [6, 6.07) is 6.02. The molecule has 39 heavy (non-hydrogen) atoms. The monoisotopic (exact) mass is 559 g/mol. The molecule has 1 aromatic heterocycles. The second-order valence-electron chi connectivity index (χ2n) is 10.8. The zero-order chi connectivity index (χ0) is 28.7. The molecule has 2 aromatic rings. The van der Waals surface area contributed by atoms with Crippen LogP contribution in [-0.2, 0) is 20.9 Å². The number of thiazole rings is 1. The summed E-state index contributed by atoms with van der Waals surface area (Å²) < 4.78 is 0. The number of benzene rings is 1. The average molecular weight is 560 g/mol. The molecule has 12 heteroatoms. The van der Waals surface area contributed by atoms with Crippen LogP contribution in [0.5, 0.6) is 0 Å². The molecule has 0 aliphatic carbocycles. The van der Waals surface area contributed by atoms with Crippen LogP contribution in [0.2, 0.25) is 0 Å². The lowest BCUT2D eigenvalue weighted by atomic mass is 9.85. The Kier molecular flexibility index (Phi) is 10.0. The molecule has 0 unspecified atom stereocenters. The zero-order valence-corrected chi connectivity index (χ0v) is 23.5. The van der Waals surface area contributed by atoms with Crippen molar-refractivity contribution in [1.29, 1.82) is 0 Å². The van der Waals surface area contributed by atoms with Gasteiger partial charge >= 0.3 is 6.09 Å². The van der Waals surface area contributed by atoms with E-state index >= 15 is 0 Å². The molecule has 11 nitrogen and oxygen atoms in total. The van der Waals surface area contributed by atoms with Crippen LogP contribution in [0.3, 0.4) is 0 Å². The summed E-state index contributed by atoms with van der Waals surface area (Å²) in [6.07, 6.45) is -1.61. The number of β-amino-alcohol motifs (C(OH)–C–C–N with tert-alkyl or cyclic N) is 1. The lowest BCUT2D eigenvalue weighted by Crippen LogP contribution is -2.57. The molecule has 5 N–H and O–H groups in total. The molecule has 1 fully saturated rings. The molecule has 2 heterocycles. The van der Waals surface area contributed by atoms with E-state index in [1.807, 2.05) is 31.2 Å². The normalized spacial score (nSPS) is 17.9. The fourth-order valence-electron chi connectivity index (χ4n) is 4.46. The van der Waals surface area contributed by atoms with Gasteiger partial charge in [-0.15, -0.1) is 11.3 Å². The largest absolute Gasteiger partial charge is 0.465 e. The van der Waals surface area contributed by atoms with Crippen molar-refractivity contribution in [2.24, 2.45) is 5.41 Å². The average Bonchev–Trinajstić information content (AvgIpc) is 3.48. The van der Waals surface area contributed by atoms with Gasteiger partial charge in [0.2, 0.25) is 17.7 Å². The zero-order valence-electron chi connectivity index (χ0n) is 22.7. The Morgan fingerprint density at radius 1 is 1.15 bits per heavy atom. The summed E-state index contributed by atoms with van der Waals surface area (Å²) in [7, 11) is 0. The first kappa shape index (κ1) is 30.0. The van der Waals surface area contributed by atoms with Gasteiger partial charge in [-0.3, -0.25) is 14.4 Å². The number of aromatic nitrogens is 1. The lowest BCUT2D eigenvalue weighted by Gasteiger charge is -2.35. The van der Waals surface area contributed by atoms with Crippen molar-refractivity contribution in [2.45, 2.75) is 71.7 Å². The van der Waals surface area contributed by atoms with E-state index in [4.69, 9.17) is 5.11 Å². The molecule has 1 aliphatic heterocycles. The van der Waals surface area contributed by atoms with E-state index in [2.05, 4.69) is 20.9 Å². The van der Waals surface area contributed by atoms with Crippen molar-refractivity contribution in [2.75, 3.05) is 13.1 Å². The molecular weight excluding hydrogens is 522 g/mol. The summed E-state index contributed by atoms with van der Waals surface area (Å²) in [4.78, 5) is 56.6. The molecule has 0 radical (unpaired) electrons. The summed E-state index contributed by atoms with van der Waals surface area (Å²) >= 11 is 1.57. The van der Waals surface area contributed by atoms with Gasteiger partial charge in [-0.2, -0.15) is 0 Å². The molecule has 1 aliphatic rings. The highest BCUT2D eigenvalue weighted by atomic mass is 32.1. The fraction of sp³-hybridized carbons (Fsp3) is 0.519. The van der Waals surface area contributed by atoms with Crippen molar-refractivity contribution in [1.82, 2.24) is 25.8 Å². The maximum Gasteiger partial charge on any atom is 0.404 e. The second kappa shape index (κ2) is 13.0. The Balaban J connectivity index is 1.62. The summed E-state index contributed by atoms with van der Waals surface area (Å²) in [5, 5.41) is 26.8. The maximum absolute atomic E-state index is 13.6. The van der Waals surface area contributed by atoms with Crippen molar-refractivity contribution in [3.05, 3.63) is 41.0 Å². The quantitative estimate of drug-likeness (QED) is 0.279. The molecule has 0 spiro atoms. The van der Waals surface area contributed by atoms with Crippen LogP contribution < -0.4 is 16.0 Å². The minimum absolute atomic E-state index is 0.00913. The van der Waals surface area contributed by atoms with Crippen molar-refractivity contribution >= 4 is 35.2 Å². The molecule has 4 amide bonds. The number of carbonyl (C=O) groups excluding carboxylic acids is 3. The summed E-state index contributed by atoms with van der Waals surface area (Å²) in [5.41, 5.74) is 4.04. The predicted octanol–water partition coefficient (Wildman–Crippen LogP) is 2.28. The third-order valence-electron chi connectivity index (χ3n) is 6.57. The number of amides is 4. The molecule has 1 aromatic carbocycles. The Bertz CT molecular complexity index is 1180. The lowest BCUT2D eigenvalue weighted by molar-refractivity contribution is -0.144. The first-order chi connectivity index (χ1) is 18.4. The second-order valence-corrected chi connectivity index (χ2v) is 11.6. The number of nitrogens with zero attached hydrogens (tertiary/aromatic N) is 2. The number of hydrogen-bond acceptors (Lipinski definition) is 7. The van der Waals surface area contributed by atoms with Crippen LogP contribution in [-0.4, -0.2) is 75.2 Å². The number of aliphatic hydroxyl groups is 1. The predicted molar refractivity (Wildman–Crippen MR) is 147 cm³/mol. The van der Waals surface area contributed by atoms with E-state index in [1.54, 1.807) is 37.6 Å². The molecule has 3 rings (SSSR count). The van der Waals surface area contributed by atoms with E-state index in [1.165, 1.54) is 4.90 Å². The van der Waals surface area contributed by atoms with Gasteiger partial charge in [0.1, 0.15) is 12.1 Å². The van der Waals surface area contributed by atoms with Crippen molar-refractivity contribution in [3.63, 3.8) is 0 Å². The molecule has 0 bridgehead atoms. The first-order valence-corrected chi connectivity index (χ1v) is 13.8. The van der Waals surface area contributed by atoms with Gasteiger partial charge in [0.15, 0.2) is 0 Å². The highest BCUT2D eigenvalue weighted by Gasteiger charge is 2.44. The SMILES string of the molecule is Cc1ncsc1-c1ccc(CNC(=O)[C@@H]2C[C@@H](O)CN2C(=O)[C@@H](NC(=O)CCCNC(=O)O)C(C)(C)C)cc1. The minimum Gasteiger partial charge on any atom is -0.465 e. The van der Waals surface area contributed by atoms with Crippen LogP contribution in [0.1, 0.15) is 51.3 Å². The van der Waals surface area contributed by atoms with Gasteiger partial charge < -0.3 is 31.1 Å². The number of carboxylic acid groups (broad SMARTS) is 1. The van der Waals surface area contributed by atoms with Crippen LogP contribution in [0.15, 0.2) is 29.8 Å². The third kappa shape index (κ3) is 8.24. The van der Waals surface area contributed by atoms with Gasteiger partial charge in [-0.05, 0) is 29.9 Å². The van der Waals surface area contributed by atoms with Gasteiger partial charge in [-0.1, -0.05) is 45.0 Å². The molecule has 1 saturated heterocycles. The van der Waals surface area contributed by atoms with E-state index in [0.29, 0.717) is 0 Å². The van der Waals surface area contributed by atoms with Gasteiger partial charge in [0.25, 0.3) is 0 Å². The van der Waals surface area contributed by atoms with E-state index in [0.717, 1.165) is 21.7 Å². The highest BCUT2D eigenvalue weighted by Crippen LogP contribution is 2.28. The number of carbonyl (C=O) groups is 4. The Morgan fingerprint density at radius 3 is 2.44 bits per heavy atom. The van der Waals surface area contributed by atoms with Gasteiger partial charge in [0, 0.05) is 32.5 Å². The van der Waals surface area contributed by atoms with Gasteiger partial charge in [-0.25, -0.2) is 9.78 Å². The van der Waals surface area contributed by atoms with Crippen molar-refractivity contribution in [3.8, 4) is 10.4 Å². The Labute approximate surface area is 232 Å². The van der Waals surface area contributed by atoms with E-state index in [-0.39, 0.29) is 44.8 Å². The highest BCUT2D eigenvalue weighted by molar-refractivity contribution is 7.13. The number of likely N-dealkylation sites (tertiary alicyclic amines) is 1. The van der Waals surface area contributed by atoms with Gasteiger partial charge in [0.05, 0.1) is 22.2 Å². The third-order valence-corrected chi connectivity index (χ3v) is 7.55. The molecular formula is C27H37N5O6S. The number of aliphatic hydroxyl groups excluding tert-OH is 1. The van der Waals surface area contributed by atoms with Crippen molar-refractivity contribution < 1.29 is 29.4 Å². The fourth-order valence-corrected chi connectivity index (χ4v) is 5.27. The number of nitrogens with one attached hydrogen (secondary N) is 3. The number of hydrogen-bond donors (Lipinski definition) is 5. The number of aryl methyl sites for hydroxylation is 1. The molecule has 212 valence electrons. The van der Waals surface area contributed by atoms with Crippen LogP contribution >= 0.6 is 11.3 Å². The van der Waals surface area contributed by atoms with Crippen LogP contribution in [0.25, 0.3) is 10.4 Å². The van der Waals surface area contributed by atoms with Crippen LogP contribution in [0.4, 0.5) is 4.79 Å².